The molecule has 0 saturated carbocycles. The molecule has 1 aromatic heterocycles. The lowest BCUT2D eigenvalue weighted by Crippen LogP contribution is -2.45. The minimum absolute atomic E-state index is 0.145. The molecule has 0 aliphatic carbocycles. The molecule has 0 spiro atoms. The quantitative estimate of drug-likeness (QED) is 0.678. The zero-order chi connectivity index (χ0) is 22.4. The normalized spacial score (nSPS) is 14.7. The van der Waals surface area contributed by atoms with Crippen LogP contribution < -0.4 is 10.6 Å². The fraction of sp³-hybridized carbons (Fsp3) is 0.478. The maximum atomic E-state index is 13.0. The summed E-state index contributed by atoms with van der Waals surface area (Å²) in [6.07, 6.45) is 1.63. The van der Waals surface area contributed by atoms with E-state index in [0.717, 1.165) is 18.4 Å². The van der Waals surface area contributed by atoms with Crippen molar-refractivity contribution >= 4 is 17.7 Å². The van der Waals surface area contributed by atoms with Gasteiger partial charge in [-0.1, -0.05) is 44.2 Å². The van der Waals surface area contributed by atoms with Crippen LogP contribution in [0.5, 0.6) is 0 Å². The molecule has 0 radical (unpaired) electrons. The van der Waals surface area contributed by atoms with Crippen molar-refractivity contribution in [1.82, 2.24) is 25.3 Å². The Labute approximate surface area is 183 Å². The minimum Gasteiger partial charge on any atom is -0.354 e. The number of hydrogen-bond acceptors (Lipinski definition) is 4. The lowest BCUT2D eigenvalue weighted by molar-refractivity contribution is -0.122. The number of nitrogens with one attached hydrogen (secondary N) is 2. The van der Waals surface area contributed by atoms with E-state index in [2.05, 4.69) is 29.6 Å². The first-order valence-corrected chi connectivity index (χ1v) is 10.8. The Bertz CT molecular complexity index is 923. The van der Waals surface area contributed by atoms with Gasteiger partial charge in [-0.15, -0.1) is 0 Å². The van der Waals surface area contributed by atoms with Gasteiger partial charge in [-0.25, -0.2) is 0 Å². The maximum absolute atomic E-state index is 13.0. The van der Waals surface area contributed by atoms with Crippen LogP contribution >= 0.6 is 0 Å². The summed E-state index contributed by atoms with van der Waals surface area (Å²) in [5, 5.41) is 9.82. The van der Waals surface area contributed by atoms with Crippen molar-refractivity contribution < 1.29 is 14.4 Å². The minimum atomic E-state index is -0.688. The summed E-state index contributed by atoms with van der Waals surface area (Å²) in [7, 11) is 0. The number of aryl methyl sites for hydroxylation is 1. The van der Waals surface area contributed by atoms with E-state index in [1.165, 1.54) is 6.07 Å². The summed E-state index contributed by atoms with van der Waals surface area (Å²) in [6, 6.07) is 10.6. The highest BCUT2D eigenvalue weighted by molar-refractivity contribution is 5.99. The predicted octanol–water partition coefficient (Wildman–Crippen LogP) is 2.21. The van der Waals surface area contributed by atoms with Crippen LogP contribution in [-0.4, -0.2) is 51.5 Å². The number of hydrogen-bond donors (Lipinski definition) is 2. The van der Waals surface area contributed by atoms with Crippen molar-refractivity contribution in [3.8, 4) is 0 Å². The molecule has 8 nitrogen and oxygen atoms in total. The highest BCUT2D eigenvalue weighted by atomic mass is 16.2. The molecule has 0 bridgehead atoms. The summed E-state index contributed by atoms with van der Waals surface area (Å²) in [4.78, 5) is 39.7. The Hall–Kier alpha value is -3.16. The van der Waals surface area contributed by atoms with Gasteiger partial charge < -0.3 is 15.5 Å². The highest BCUT2D eigenvalue weighted by Crippen LogP contribution is 2.16. The zero-order valence-corrected chi connectivity index (χ0v) is 18.4. The van der Waals surface area contributed by atoms with E-state index in [9.17, 15) is 14.4 Å². The number of rotatable bonds is 8. The van der Waals surface area contributed by atoms with Gasteiger partial charge in [0.15, 0.2) is 5.69 Å². The summed E-state index contributed by atoms with van der Waals surface area (Å²) < 4.78 is 1.59. The highest BCUT2D eigenvalue weighted by Gasteiger charge is 2.27. The van der Waals surface area contributed by atoms with Crippen molar-refractivity contribution in [2.24, 2.45) is 5.92 Å². The van der Waals surface area contributed by atoms with Crippen LogP contribution in [0.1, 0.15) is 60.2 Å². The molecule has 1 aliphatic rings. The van der Waals surface area contributed by atoms with Crippen LogP contribution in [0.2, 0.25) is 0 Å². The molecule has 0 unspecified atom stereocenters. The Morgan fingerprint density at radius 2 is 1.87 bits per heavy atom. The molecule has 2 N–H and O–H groups in total. The van der Waals surface area contributed by atoms with Crippen molar-refractivity contribution in [1.29, 1.82) is 0 Å². The summed E-state index contributed by atoms with van der Waals surface area (Å²) in [6.45, 7) is 8.08. The van der Waals surface area contributed by atoms with Crippen molar-refractivity contribution in [3.63, 3.8) is 0 Å². The molecule has 0 saturated heterocycles. The molecular weight excluding hydrogens is 394 g/mol. The van der Waals surface area contributed by atoms with Crippen molar-refractivity contribution in [3.05, 3.63) is 53.3 Å². The van der Waals surface area contributed by atoms with Gasteiger partial charge >= 0.3 is 0 Å². The first-order valence-electron chi connectivity index (χ1n) is 10.8. The number of carbonyl (C=O) groups is 3. The van der Waals surface area contributed by atoms with Crippen LogP contribution in [0.25, 0.3) is 0 Å². The second-order valence-electron chi connectivity index (χ2n) is 8.37. The summed E-state index contributed by atoms with van der Waals surface area (Å²) in [5.41, 5.74) is 1.60. The second-order valence-corrected chi connectivity index (χ2v) is 8.37. The Morgan fingerprint density at radius 1 is 1.13 bits per heavy atom. The van der Waals surface area contributed by atoms with Crippen LogP contribution in [-0.2, 0) is 17.9 Å². The zero-order valence-electron chi connectivity index (χ0n) is 18.4. The molecule has 3 amide bonds. The summed E-state index contributed by atoms with van der Waals surface area (Å²) >= 11 is 0. The number of amides is 3. The van der Waals surface area contributed by atoms with E-state index in [0.29, 0.717) is 37.8 Å². The third-order valence-electron chi connectivity index (χ3n) is 5.29. The van der Waals surface area contributed by atoms with Crippen LogP contribution in [0.3, 0.4) is 0 Å². The molecule has 8 heteroatoms. The number of benzene rings is 1. The number of carbonyl (C=O) groups excluding carboxylic acids is 3. The third-order valence-corrected chi connectivity index (χ3v) is 5.29. The van der Waals surface area contributed by atoms with Crippen LogP contribution in [0.4, 0.5) is 0 Å². The van der Waals surface area contributed by atoms with E-state index in [1.54, 1.807) is 16.5 Å². The number of nitrogens with zero attached hydrogens (tertiary/aromatic N) is 3. The van der Waals surface area contributed by atoms with Gasteiger partial charge in [0.25, 0.3) is 11.8 Å². The van der Waals surface area contributed by atoms with Crippen LogP contribution in [0.15, 0.2) is 36.4 Å². The molecule has 1 atom stereocenters. The van der Waals surface area contributed by atoms with Gasteiger partial charge in [0, 0.05) is 32.2 Å². The van der Waals surface area contributed by atoms with E-state index in [1.807, 2.05) is 30.3 Å². The number of aromatic nitrogens is 2. The fourth-order valence-corrected chi connectivity index (χ4v) is 3.47. The van der Waals surface area contributed by atoms with Gasteiger partial charge in [-0.05, 0) is 31.2 Å². The average Bonchev–Trinajstić information content (AvgIpc) is 3.11. The van der Waals surface area contributed by atoms with Gasteiger partial charge in [-0.3, -0.25) is 19.1 Å². The Kier molecular flexibility index (Phi) is 7.44. The third kappa shape index (κ3) is 5.93. The monoisotopic (exact) mass is 425 g/mol. The number of fused-ring (bicyclic) bond motifs is 1. The largest absolute Gasteiger partial charge is 0.354 e. The van der Waals surface area contributed by atoms with Crippen molar-refractivity contribution in [2.75, 3.05) is 13.1 Å². The molecule has 31 heavy (non-hydrogen) atoms. The molecule has 1 aromatic carbocycles. The maximum Gasteiger partial charge on any atom is 0.272 e. The molecule has 1 aliphatic heterocycles. The average molecular weight is 426 g/mol. The van der Waals surface area contributed by atoms with Crippen molar-refractivity contribution in [2.45, 2.75) is 52.7 Å². The first-order chi connectivity index (χ1) is 14.8. The van der Waals surface area contributed by atoms with E-state index >= 15 is 0 Å². The van der Waals surface area contributed by atoms with Gasteiger partial charge in [-0.2, -0.15) is 5.10 Å². The van der Waals surface area contributed by atoms with E-state index in [4.69, 9.17) is 0 Å². The molecule has 0 fully saturated rings. The molecule has 2 aromatic rings. The smallest absolute Gasteiger partial charge is 0.272 e. The second kappa shape index (κ2) is 10.2. The molecule has 2 heterocycles. The van der Waals surface area contributed by atoms with Crippen LogP contribution in [0, 0.1) is 5.92 Å². The van der Waals surface area contributed by atoms with E-state index < -0.39 is 11.9 Å². The Balaban J connectivity index is 1.64. The SMILES string of the molecule is CC(C)CCNC(=O)[C@@H](C)NC(=O)c1cc2n(n1)CCCN(Cc1ccccc1)C2=O. The van der Waals surface area contributed by atoms with Gasteiger partial charge in [0.2, 0.25) is 5.91 Å². The first kappa shape index (κ1) is 22.5. The van der Waals surface area contributed by atoms with E-state index in [-0.39, 0.29) is 17.5 Å². The molecule has 3 rings (SSSR count). The standard InChI is InChI=1S/C23H31N5O3/c1-16(2)10-11-24-21(29)17(3)25-22(30)19-14-20-23(31)27(12-7-13-28(20)26-19)15-18-8-5-4-6-9-18/h4-6,8-9,14,16-17H,7,10-13,15H2,1-3H3,(H,24,29)(H,25,30)/t17-/m1/s1. The molecule has 166 valence electrons. The predicted molar refractivity (Wildman–Crippen MR) is 117 cm³/mol. The molecular formula is C23H31N5O3. The Morgan fingerprint density at radius 3 is 2.58 bits per heavy atom. The van der Waals surface area contributed by atoms with Gasteiger partial charge in [0.1, 0.15) is 11.7 Å². The lowest BCUT2D eigenvalue weighted by atomic mass is 10.1. The lowest BCUT2D eigenvalue weighted by Gasteiger charge is -2.20. The van der Waals surface area contributed by atoms with Gasteiger partial charge in [0.05, 0.1) is 0 Å². The topological polar surface area (TPSA) is 96.3 Å². The fourth-order valence-electron chi connectivity index (χ4n) is 3.47. The summed E-state index contributed by atoms with van der Waals surface area (Å²) in [5.74, 6) is -0.355.